The Hall–Kier alpha value is -1.24. The summed E-state index contributed by atoms with van der Waals surface area (Å²) in [6.45, 7) is 15.9. The SMILES string of the molecule is C=C=C1OC2(C(CC)=C1C=C)C(CCC)C(CCC)C21OCC2CCCCC21. The summed E-state index contributed by atoms with van der Waals surface area (Å²) in [7, 11) is 0. The van der Waals surface area contributed by atoms with Crippen molar-refractivity contribution in [3.8, 4) is 0 Å². The molecule has 2 nitrogen and oxygen atoms in total. The second-order valence-corrected chi connectivity index (χ2v) is 9.34. The lowest BCUT2D eigenvalue weighted by Crippen LogP contribution is -2.78. The molecule has 2 spiro atoms. The van der Waals surface area contributed by atoms with Gasteiger partial charge in [-0.3, -0.25) is 0 Å². The molecule has 0 radical (unpaired) electrons. The van der Waals surface area contributed by atoms with E-state index in [2.05, 4.69) is 39.7 Å². The molecule has 4 aliphatic rings. The van der Waals surface area contributed by atoms with Crippen LogP contribution in [0.3, 0.4) is 0 Å². The minimum Gasteiger partial charge on any atom is -0.471 e. The lowest BCUT2D eigenvalue weighted by Gasteiger charge is -2.68. The van der Waals surface area contributed by atoms with Crippen molar-refractivity contribution in [1.82, 2.24) is 0 Å². The van der Waals surface area contributed by atoms with Crippen molar-refractivity contribution in [1.29, 1.82) is 0 Å². The molecule has 2 aliphatic carbocycles. The van der Waals surface area contributed by atoms with Gasteiger partial charge in [0, 0.05) is 11.5 Å². The van der Waals surface area contributed by atoms with Crippen molar-refractivity contribution in [2.45, 2.75) is 89.8 Å². The van der Waals surface area contributed by atoms with E-state index in [0.29, 0.717) is 23.7 Å². The largest absolute Gasteiger partial charge is 0.471 e. The van der Waals surface area contributed by atoms with Gasteiger partial charge in [-0.15, -0.1) is 0 Å². The highest BCUT2D eigenvalue weighted by atomic mass is 16.6. The zero-order valence-electron chi connectivity index (χ0n) is 18.2. The fraction of sp³-hybridized carbons (Fsp3) is 0.731. The molecule has 2 saturated carbocycles. The normalized spacial score (nSPS) is 41.8. The second-order valence-electron chi connectivity index (χ2n) is 9.34. The van der Waals surface area contributed by atoms with Crippen LogP contribution in [-0.2, 0) is 9.47 Å². The van der Waals surface area contributed by atoms with Crippen LogP contribution in [0.5, 0.6) is 0 Å². The zero-order valence-corrected chi connectivity index (χ0v) is 18.2. The van der Waals surface area contributed by atoms with E-state index in [0.717, 1.165) is 24.4 Å². The highest BCUT2D eigenvalue weighted by Gasteiger charge is 2.81. The number of rotatable bonds is 6. The van der Waals surface area contributed by atoms with Crippen molar-refractivity contribution in [3.05, 3.63) is 41.9 Å². The summed E-state index contributed by atoms with van der Waals surface area (Å²) >= 11 is 0. The first-order valence-electron chi connectivity index (χ1n) is 11.8. The molecule has 6 atom stereocenters. The number of hydrogen-bond donors (Lipinski definition) is 0. The van der Waals surface area contributed by atoms with Crippen LogP contribution >= 0.6 is 0 Å². The first-order chi connectivity index (χ1) is 13.7. The van der Waals surface area contributed by atoms with Crippen LogP contribution in [0.4, 0.5) is 0 Å². The van der Waals surface area contributed by atoms with Gasteiger partial charge in [0.1, 0.15) is 5.60 Å². The van der Waals surface area contributed by atoms with Gasteiger partial charge >= 0.3 is 0 Å². The highest BCUT2D eigenvalue weighted by molar-refractivity contribution is 5.54. The summed E-state index contributed by atoms with van der Waals surface area (Å²) in [5, 5.41) is 0. The zero-order chi connectivity index (χ0) is 19.9. The Kier molecular flexibility index (Phi) is 5.40. The Bertz CT molecular complexity index is 712. The summed E-state index contributed by atoms with van der Waals surface area (Å²) in [5.74, 6) is 3.27. The van der Waals surface area contributed by atoms with Gasteiger partial charge < -0.3 is 9.47 Å². The van der Waals surface area contributed by atoms with Crippen molar-refractivity contribution >= 4 is 0 Å². The molecule has 1 saturated heterocycles. The Morgan fingerprint density at radius 3 is 2.46 bits per heavy atom. The van der Waals surface area contributed by atoms with Gasteiger partial charge in [0.05, 0.1) is 6.61 Å². The van der Waals surface area contributed by atoms with Crippen LogP contribution in [0.15, 0.2) is 41.9 Å². The lowest BCUT2D eigenvalue weighted by atomic mass is 9.41. The molecule has 4 rings (SSSR count). The van der Waals surface area contributed by atoms with Gasteiger partial charge in [-0.1, -0.05) is 71.4 Å². The summed E-state index contributed by atoms with van der Waals surface area (Å²) in [6, 6.07) is 0. The standard InChI is InChI=1S/C26H38O2/c1-6-13-22-23(14-7-2)26(20(9-4)19(8-3)24(10-5)28-26)25(22)21-16-12-11-15-18(21)17-27-25/h8,18,21-23H,3,5-7,9,11-17H2,1-2,4H3. The van der Waals surface area contributed by atoms with Crippen molar-refractivity contribution < 1.29 is 9.47 Å². The first kappa shape index (κ1) is 20.0. The number of ether oxygens (including phenoxy) is 2. The van der Waals surface area contributed by atoms with Gasteiger partial charge in [0.2, 0.25) is 0 Å². The predicted molar refractivity (Wildman–Crippen MR) is 115 cm³/mol. The van der Waals surface area contributed by atoms with E-state index in [1.165, 1.54) is 56.9 Å². The summed E-state index contributed by atoms with van der Waals surface area (Å²) in [5.41, 5.74) is 5.16. The van der Waals surface area contributed by atoms with E-state index in [1.807, 2.05) is 6.08 Å². The Morgan fingerprint density at radius 1 is 1.11 bits per heavy atom. The molecule has 2 heterocycles. The minimum absolute atomic E-state index is 0.161. The molecule has 0 N–H and O–H groups in total. The quantitative estimate of drug-likeness (QED) is 0.474. The lowest BCUT2D eigenvalue weighted by molar-refractivity contribution is -0.307. The van der Waals surface area contributed by atoms with Crippen LogP contribution in [0.2, 0.25) is 0 Å². The third-order valence-corrected chi connectivity index (χ3v) is 8.33. The minimum atomic E-state index is -0.322. The molecular formula is C26H38O2. The van der Waals surface area contributed by atoms with Crippen LogP contribution in [-0.4, -0.2) is 17.8 Å². The summed E-state index contributed by atoms with van der Waals surface area (Å²) < 4.78 is 13.9. The Labute approximate surface area is 171 Å². The van der Waals surface area contributed by atoms with E-state index in [9.17, 15) is 0 Å². The fourth-order valence-electron chi connectivity index (χ4n) is 7.61. The van der Waals surface area contributed by atoms with E-state index in [-0.39, 0.29) is 11.2 Å². The molecule has 0 amide bonds. The monoisotopic (exact) mass is 382 g/mol. The number of allylic oxidation sites excluding steroid dienone is 1. The fourth-order valence-corrected chi connectivity index (χ4v) is 7.61. The Balaban J connectivity index is 1.90. The molecule has 2 heteroatoms. The van der Waals surface area contributed by atoms with Gasteiger partial charge in [-0.05, 0) is 55.4 Å². The molecule has 0 aromatic rings. The van der Waals surface area contributed by atoms with Crippen molar-refractivity contribution in [2.24, 2.45) is 23.7 Å². The van der Waals surface area contributed by atoms with Crippen molar-refractivity contribution in [3.63, 3.8) is 0 Å². The molecule has 2 aliphatic heterocycles. The molecule has 154 valence electrons. The van der Waals surface area contributed by atoms with E-state index in [1.54, 1.807) is 0 Å². The smallest absolute Gasteiger partial charge is 0.170 e. The third-order valence-electron chi connectivity index (χ3n) is 8.33. The van der Waals surface area contributed by atoms with Crippen LogP contribution in [0.25, 0.3) is 0 Å². The molecule has 28 heavy (non-hydrogen) atoms. The van der Waals surface area contributed by atoms with E-state index < -0.39 is 0 Å². The third kappa shape index (κ3) is 2.31. The number of fused-ring (bicyclic) bond motifs is 3. The topological polar surface area (TPSA) is 18.5 Å². The maximum atomic E-state index is 6.97. The Morgan fingerprint density at radius 2 is 1.82 bits per heavy atom. The molecule has 6 unspecified atom stereocenters. The first-order valence-corrected chi connectivity index (χ1v) is 11.8. The van der Waals surface area contributed by atoms with Gasteiger partial charge in [0.25, 0.3) is 0 Å². The highest BCUT2D eigenvalue weighted by Crippen LogP contribution is 2.73. The van der Waals surface area contributed by atoms with E-state index >= 15 is 0 Å². The molecule has 3 fully saturated rings. The average molecular weight is 383 g/mol. The second kappa shape index (κ2) is 7.54. The van der Waals surface area contributed by atoms with Crippen LogP contribution in [0, 0.1) is 23.7 Å². The van der Waals surface area contributed by atoms with Crippen LogP contribution < -0.4 is 0 Å². The summed E-state index contributed by atoms with van der Waals surface area (Å²) in [4.78, 5) is 0. The number of hydrogen-bond acceptors (Lipinski definition) is 2. The molecule has 0 aromatic carbocycles. The van der Waals surface area contributed by atoms with Gasteiger partial charge in [-0.2, -0.15) is 0 Å². The predicted octanol–water partition coefficient (Wildman–Crippen LogP) is 6.74. The maximum Gasteiger partial charge on any atom is 0.170 e. The molecular weight excluding hydrogens is 344 g/mol. The summed E-state index contributed by atoms with van der Waals surface area (Å²) in [6.07, 6.45) is 13.1. The van der Waals surface area contributed by atoms with Gasteiger partial charge in [-0.25, -0.2) is 0 Å². The van der Waals surface area contributed by atoms with Crippen molar-refractivity contribution in [2.75, 3.05) is 6.61 Å². The molecule has 0 aromatic heterocycles. The van der Waals surface area contributed by atoms with Crippen LogP contribution in [0.1, 0.15) is 78.6 Å². The maximum absolute atomic E-state index is 6.97. The van der Waals surface area contributed by atoms with Gasteiger partial charge in [0.15, 0.2) is 11.4 Å². The average Bonchev–Trinajstić information content (AvgIpc) is 3.29. The molecule has 0 bridgehead atoms. The van der Waals surface area contributed by atoms with E-state index in [4.69, 9.17) is 9.47 Å².